The molecule has 1 aromatic heterocycles. The van der Waals surface area contributed by atoms with Crippen LogP contribution in [0.15, 0.2) is 138 Å². The molecule has 0 N–H and O–H groups in total. The third-order valence-corrected chi connectivity index (χ3v) is 8.53. The second kappa shape index (κ2) is 9.61. The maximum absolute atomic E-state index is 6.19. The first-order chi connectivity index (χ1) is 20.8. The number of allylic oxidation sites excluding steroid dienone is 1. The Bertz CT molecular complexity index is 2320. The molecule has 0 amide bonds. The molecule has 0 radical (unpaired) electrons. The fourth-order valence-electron chi connectivity index (χ4n) is 6.77. The van der Waals surface area contributed by atoms with E-state index >= 15 is 0 Å². The van der Waals surface area contributed by atoms with Gasteiger partial charge in [-0.25, -0.2) is 0 Å². The fourth-order valence-corrected chi connectivity index (χ4v) is 6.77. The highest BCUT2D eigenvalue weighted by molar-refractivity contribution is 6.26. The number of benzene rings is 7. The Morgan fingerprint density at radius 3 is 1.76 bits per heavy atom. The van der Waals surface area contributed by atoms with Crippen LogP contribution in [-0.2, 0) is 0 Å². The molecule has 8 aromatic rings. The van der Waals surface area contributed by atoms with Crippen LogP contribution in [0.4, 0.5) is 0 Å². The van der Waals surface area contributed by atoms with E-state index in [0.29, 0.717) is 0 Å². The number of fused-ring (bicyclic) bond motifs is 6. The van der Waals surface area contributed by atoms with Gasteiger partial charge in [0, 0.05) is 10.9 Å². The Hall–Kier alpha value is -5.40. The van der Waals surface area contributed by atoms with Gasteiger partial charge in [-0.1, -0.05) is 122 Å². The van der Waals surface area contributed by atoms with Crippen molar-refractivity contribution in [2.75, 3.05) is 0 Å². The van der Waals surface area contributed by atoms with Crippen molar-refractivity contribution in [3.05, 3.63) is 145 Å². The van der Waals surface area contributed by atoms with Gasteiger partial charge in [0.15, 0.2) is 0 Å². The van der Waals surface area contributed by atoms with Gasteiger partial charge in [0.25, 0.3) is 0 Å². The average Bonchev–Trinajstić information content (AvgIpc) is 3.39. The van der Waals surface area contributed by atoms with E-state index in [1.165, 1.54) is 65.3 Å². The van der Waals surface area contributed by atoms with Crippen LogP contribution in [0.1, 0.15) is 18.2 Å². The Balaban J connectivity index is 1.51. The monoisotopic (exact) mass is 536 g/mol. The first-order valence-corrected chi connectivity index (χ1v) is 14.4. The Labute approximate surface area is 244 Å². The van der Waals surface area contributed by atoms with Gasteiger partial charge in [0.1, 0.15) is 11.3 Å². The zero-order chi connectivity index (χ0) is 28.2. The standard InChI is InChI=1S/C41H28O/c1-3-13-38-28(4-2)36-25-27(22-23-39(36)42-38)40-32-18-9-11-20-34(32)41(35-21-12-10-19-33(35)40)37-24-26-14-5-6-15-29(26)30-16-7-8-17-31(30)37/h3-25H,2H2,1H3/b13-3-. The topological polar surface area (TPSA) is 13.1 Å². The molecule has 0 aliphatic rings. The van der Waals surface area contributed by atoms with Crippen molar-refractivity contribution in [1.82, 2.24) is 0 Å². The summed E-state index contributed by atoms with van der Waals surface area (Å²) in [7, 11) is 0. The molecule has 198 valence electrons. The molecule has 0 spiro atoms. The minimum atomic E-state index is 0.841. The zero-order valence-electron chi connectivity index (χ0n) is 23.4. The third-order valence-electron chi connectivity index (χ3n) is 8.53. The van der Waals surface area contributed by atoms with Gasteiger partial charge >= 0.3 is 0 Å². The minimum absolute atomic E-state index is 0.841. The molecule has 0 aliphatic carbocycles. The van der Waals surface area contributed by atoms with E-state index in [4.69, 9.17) is 4.42 Å². The lowest BCUT2D eigenvalue weighted by molar-refractivity contribution is 0.603. The first kappa shape index (κ1) is 24.4. The third kappa shape index (κ3) is 3.57. The molecule has 0 atom stereocenters. The second-order valence-corrected chi connectivity index (χ2v) is 10.8. The summed E-state index contributed by atoms with van der Waals surface area (Å²) < 4.78 is 6.19. The van der Waals surface area contributed by atoms with Gasteiger partial charge in [-0.2, -0.15) is 0 Å². The van der Waals surface area contributed by atoms with Crippen molar-refractivity contribution < 1.29 is 4.42 Å². The van der Waals surface area contributed by atoms with Crippen molar-refractivity contribution >= 4 is 66.2 Å². The summed E-state index contributed by atoms with van der Waals surface area (Å²) in [5, 5.41) is 11.1. The van der Waals surface area contributed by atoms with E-state index in [0.717, 1.165) is 22.3 Å². The number of rotatable bonds is 4. The lowest BCUT2D eigenvalue weighted by Gasteiger charge is -2.19. The molecule has 0 unspecified atom stereocenters. The number of hydrogen-bond donors (Lipinski definition) is 0. The smallest absolute Gasteiger partial charge is 0.135 e. The van der Waals surface area contributed by atoms with Crippen LogP contribution in [0.25, 0.3) is 88.5 Å². The minimum Gasteiger partial charge on any atom is -0.456 e. The highest BCUT2D eigenvalue weighted by Gasteiger charge is 2.20. The summed E-state index contributed by atoms with van der Waals surface area (Å²) in [6.45, 7) is 6.10. The fraction of sp³-hybridized carbons (Fsp3) is 0.0244. The quantitative estimate of drug-likeness (QED) is 0.161. The Morgan fingerprint density at radius 2 is 1.12 bits per heavy atom. The van der Waals surface area contributed by atoms with Crippen LogP contribution in [0.3, 0.4) is 0 Å². The van der Waals surface area contributed by atoms with E-state index in [-0.39, 0.29) is 0 Å². The van der Waals surface area contributed by atoms with Gasteiger partial charge in [-0.05, 0) is 96.5 Å². The van der Waals surface area contributed by atoms with Crippen molar-refractivity contribution in [1.29, 1.82) is 0 Å². The molecule has 0 saturated heterocycles. The van der Waals surface area contributed by atoms with E-state index < -0.39 is 0 Å². The molecule has 7 aromatic carbocycles. The van der Waals surface area contributed by atoms with E-state index in [2.05, 4.69) is 128 Å². The SMILES string of the molecule is C=Cc1c(/C=C\C)oc2ccc(-c3c4ccccc4c(-c4cc5ccccc5c5ccccc45)c4ccccc34)cc12. The summed E-state index contributed by atoms with van der Waals surface area (Å²) in [6, 6.07) is 44.2. The Kier molecular flexibility index (Phi) is 5.58. The van der Waals surface area contributed by atoms with Crippen LogP contribution in [-0.4, -0.2) is 0 Å². The molecular weight excluding hydrogens is 508 g/mol. The van der Waals surface area contributed by atoms with Gasteiger partial charge in [-0.3, -0.25) is 0 Å². The van der Waals surface area contributed by atoms with Crippen LogP contribution in [0.2, 0.25) is 0 Å². The van der Waals surface area contributed by atoms with E-state index in [9.17, 15) is 0 Å². The largest absolute Gasteiger partial charge is 0.456 e. The molecule has 8 rings (SSSR count). The maximum atomic E-state index is 6.19. The Morgan fingerprint density at radius 1 is 0.548 bits per heavy atom. The highest BCUT2D eigenvalue weighted by atomic mass is 16.3. The summed E-state index contributed by atoms with van der Waals surface area (Å²) in [5.74, 6) is 0.841. The normalized spacial score (nSPS) is 11.9. The summed E-state index contributed by atoms with van der Waals surface area (Å²) >= 11 is 0. The summed E-state index contributed by atoms with van der Waals surface area (Å²) in [6.07, 6.45) is 5.90. The molecule has 0 aliphatic heterocycles. The van der Waals surface area contributed by atoms with Crippen LogP contribution >= 0.6 is 0 Å². The molecule has 0 bridgehead atoms. The average molecular weight is 537 g/mol. The van der Waals surface area contributed by atoms with Gasteiger partial charge in [0.2, 0.25) is 0 Å². The van der Waals surface area contributed by atoms with Gasteiger partial charge in [0.05, 0.1) is 0 Å². The molecule has 0 fully saturated rings. The van der Waals surface area contributed by atoms with E-state index in [1.54, 1.807) is 0 Å². The van der Waals surface area contributed by atoms with E-state index in [1.807, 2.05) is 25.2 Å². The predicted molar refractivity (Wildman–Crippen MR) is 182 cm³/mol. The molecular formula is C41H28O. The molecule has 1 nitrogen and oxygen atoms in total. The molecule has 1 heteroatoms. The molecule has 42 heavy (non-hydrogen) atoms. The highest BCUT2D eigenvalue weighted by Crippen LogP contribution is 2.47. The predicted octanol–water partition coefficient (Wildman–Crippen LogP) is 12.1. The molecule has 1 heterocycles. The van der Waals surface area contributed by atoms with Crippen molar-refractivity contribution in [3.63, 3.8) is 0 Å². The number of hydrogen-bond acceptors (Lipinski definition) is 1. The van der Waals surface area contributed by atoms with Crippen molar-refractivity contribution in [2.24, 2.45) is 0 Å². The summed E-state index contributed by atoms with van der Waals surface area (Å²) in [4.78, 5) is 0. The van der Waals surface area contributed by atoms with Crippen LogP contribution in [0, 0.1) is 0 Å². The van der Waals surface area contributed by atoms with Crippen molar-refractivity contribution in [3.8, 4) is 22.3 Å². The van der Waals surface area contributed by atoms with Crippen LogP contribution < -0.4 is 0 Å². The lowest BCUT2D eigenvalue weighted by atomic mass is 9.83. The van der Waals surface area contributed by atoms with Gasteiger partial charge in [-0.15, -0.1) is 0 Å². The van der Waals surface area contributed by atoms with Gasteiger partial charge < -0.3 is 4.42 Å². The lowest BCUT2D eigenvalue weighted by Crippen LogP contribution is -1.92. The number of furan rings is 1. The van der Waals surface area contributed by atoms with Crippen molar-refractivity contribution in [2.45, 2.75) is 6.92 Å². The summed E-state index contributed by atoms with van der Waals surface area (Å²) in [5.41, 5.74) is 6.84. The molecule has 0 saturated carbocycles. The first-order valence-electron chi connectivity index (χ1n) is 14.4. The zero-order valence-corrected chi connectivity index (χ0v) is 23.4. The second-order valence-electron chi connectivity index (χ2n) is 10.8. The van der Waals surface area contributed by atoms with Crippen LogP contribution in [0.5, 0.6) is 0 Å². The maximum Gasteiger partial charge on any atom is 0.135 e.